The molecule has 0 saturated heterocycles. The molecular formula is C18H11BrN4. The van der Waals surface area contributed by atoms with Gasteiger partial charge in [-0.15, -0.1) is 0 Å². The lowest BCUT2D eigenvalue weighted by molar-refractivity contribution is 0.666. The van der Waals surface area contributed by atoms with E-state index in [1.165, 1.54) is 0 Å². The smallest absolute Gasteiger partial charge is 0.176 e. The fraction of sp³-hybridized carbons (Fsp3) is 0.0556. The number of aromatic nitrogens is 2. The van der Waals surface area contributed by atoms with Crippen LogP contribution in [0, 0.1) is 22.7 Å². The second kappa shape index (κ2) is 6.48. The summed E-state index contributed by atoms with van der Waals surface area (Å²) in [5.74, 6) is 0. The molecule has 0 saturated carbocycles. The van der Waals surface area contributed by atoms with Crippen LogP contribution in [-0.2, 0) is 0 Å². The van der Waals surface area contributed by atoms with E-state index < -0.39 is 0 Å². The van der Waals surface area contributed by atoms with E-state index in [1.807, 2.05) is 60.7 Å². The molecule has 1 heterocycles. The van der Waals surface area contributed by atoms with Crippen LogP contribution in [-0.4, -0.2) is 9.55 Å². The molecule has 0 N–H and O–H groups in total. The van der Waals surface area contributed by atoms with E-state index in [2.05, 4.69) is 27.0 Å². The van der Waals surface area contributed by atoms with Crippen LogP contribution in [0.3, 0.4) is 0 Å². The summed E-state index contributed by atoms with van der Waals surface area (Å²) in [5, 5.41) is 18.6. The van der Waals surface area contributed by atoms with Crippen LogP contribution in [0.4, 0.5) is 0 Å². The van der Waals surface area contributed by atoms with Crippen LogP contribution < -0.4 is 0 Å². The van der Waals surface area contributed by atoms with Gasteiger partial charge in [0.25, 0.3) is 0 Å². The fourth-order valence-electron chi connectivity index (χ4n) is 2.57. The molecule has 110 valence electrons. The number of hydrogen-bond acceptors (Lipinski definition) is 3. The number of halogens is 1. The summed E-state index contributed by atoms with van der Waals surface area (Å²) < 4.78 is 2.68. The molecule has 1 unspecified atom stereocenters. The number of nitriles is 2. The first-order chi connectivity index (χ1) is 11.3. The largest absolute Gasteiger partial charge is 0.309 e. The summed E-state index contributed by atoms with van der Waals surface area (Å²) in [7, 11) is 0. The molecule has 5 heteroatoms. The van der Waals surface area contributed by atoms with Gasteiger partial charge in [-0.1, -0.05) is 64.5 Å². The summed E-state index contributed by atoms with van der Waals surface area (Å²) in [4.78, 5) is 4.07. The predicted molar refractivity (Wildman–Crippen MR) is 89.5 cm³/mol. The Hall–Kier alpha value is -2.89. The molecule has 2 aromatic carbocycles. The minimum absolute atomic E-state index is 0.139. The maximum atomic E-state index is 9.46. The Morgan fingerprint density at radius 1 is 0.957 bits per heavy atom. The molecular weight excluding hydrogens is 352 g/mol. The first-order valence-electron chi connectivity index (χ1n) is 6.92. The minimum Gasteiger partial charge on any atom is -0.309 e. The van der Waals surface area contributed by atoms with Crippen molar-refractivity contribution >= 4 is 15.9 Å². The SMILES string of the molecule is N#Cc1ncn(C(c2ccccc2)c2ccccc2Br)c1C#N. The Kier molecular flexibility index (Phi) is 4.23. The third-order valence-electron chi connectivity index (χ3n) is 3.60. The van der Waals surface area contributed by atoms with E-state index in [1.54, 1.807) is 10.9 Å². The highest BCUT2D eigenvalue weighted by molar-refractivity contribution is 9.10. The monoisotopic (exact) mass is 362 g/mol. The Morgan fingerprint density at radius 3 is 2.30 bits per heavy atom. The maximum Gasteiger partial charge on any atom is 0.176 e. The highest BCUT2D eigenvalue weighted by Gasteiger charge is 2.23. The zero-order valence-electron chi connectivity index (χ0n) is 12.0. The third-order valence-corrected chi connectivity index (χ3v) is 4.32. The summed E-state index contributed by atoms with van der Waals surface area (Å²) in [6, 6.07) is 21.5. The van der Waals surface area contributed by atoms with Crippen LogP contribution in [0.2, 0.25) is 0 Å². The predicted octanol–water partition coefficient (Wildman–Crippen LogP) is 4.03. The molecule has 4 nitrogen and oxygen atoms in total. The molecule has 23 heavy (non-hydrogen) atoms. The highest BCUT2D eigenvalue weighted by atomic mass is 79.9. The van der Waals surface area contributed by atoms with E-state index in [0.29, 0.717) is 0 Å². The molecule has 0 aliphatic rings. The number of nitrogens with zero attached hydrogens (tertiary/aromatic N) is 4. The topological polar surface area (TPSA) is 65.4 Å². The van der Waals surface area contributed by atoms with Crippen molar-refractivity contribution in [1.82, 2.24) is 9.55 Å². The van der Waals surface area contributed by atoms with Gasteiger partial charge in [-0.2, -0.15) is 10.5 Å². The number of imidazole rings is 1. The molecule has 0 fully saturated rings. The van der Waals surface area contributed by atoms with Gasteiger partial charge in [0.1, 0.15) is 12.1 Å². The lowest BCUT2D eigenvalue weighted by atomic mass is 9.98. The Balaban J connectivity index is 2.27. The van der Waals surface area contributed by atoms with Crippen molar-refractivity contribution < 1.29 is 0 Å². The van der Waals surface area contributed by atoms with Gasteiger partial charge in [0, 0.05) is 4.47 Å². The van der Waals surface area contributed by atoms with Gasteiger partial charge >= 0.3 is 0 Å². The quantitative estimate of drug-likeness (QED) is 0.706. The van der Waals surface area contributed by atoms with Crippen molar-refractivity contribution in [2.75, 3.05) is 0 Å². The van der Waals surface area contributed by atoms with Crippen LogP contribution in [0.25, 0.3) is 0 Å². The molecule has 3 aromatic rings. The van der Waals surface area contributed by atoms with Crippen LogP contribution >= 0.6 is 15.9 Å². The summed E-state index contributed by atoms with van der Waals surface area (Å²) in [5.41, 5.74) is 2.41. The molecule has 0 aliphatic carbocycles. The zero-order valence-corrected chi connectivity index (χ0v) is 13.6. The van der Waals surface area contributed by atoms with Crippen LogP contribution in [0.5, 0.6) is 0 Å². The summed E-state index contributed by atoms with van der Waals surface area (Å²) in [6.07, 6.45) is 1.55. The standard InChI is InChI=1S/C18H11BrN4/c19-15-9-5-4-8-14(15)18(13-6-2-1-3-7-13)23-12-22-16(10-20)17(23)11-21/h1-9,12,18H. The lowest BCUT2D eigenvalue weighted by Crippen LogP contribution is -2.14. The first-order valence-corrected chi connectivity index (χ1v) is 7.72. The van der Waals surface area contributed by atoms with Crippen molar-refractivity contribution in [3.8, 4) is 12.1 Å². The minimum atomic E-state index is -0.240. The number of benzene rings is 2. The van der Waals surface area contributed by atoms with Crippen LogP contribution in [0.1, 0.15) is 28.6 Å². The van der Waals surface area contributed by atoms with E-state index in [0.717, 1.165) is 15.6 Å². The number of hydrogen-bond donors (Lipinski definition) is 0. The third kappa shape index (κ3) is 2.75. The normalized spacial score (nSPS) is 11.4. The van der Waals surface area contributed by atoms with Crippen molar-refractivity contribution in [3.63, 3.8) is 0 Å². The van der Waals surface area contributed by atoms with Gasteiger partial charge < -0.3 is 4.57 Å². The van der Waals surface area contributed by atoms with Crippen molar-refractivity contribution in [2.24, 2.45) is 0 Å². The second-order valence-electron chi connectivity index (χ2n) is 4.91. The van der Waals surface area contributed by atoms with Crippen molar-refractivity contribution in [1.29, 1.82) is 10.5 Å². The van der Waals surface area contributed by atoms with Gasteiger partial charge in [-0.05, 0) is 17.2 Å². The molecule has 0 amide bonds. The van der Waals surface area contributed by atoms with Gasteiger partial charge in [-0.25, -0.2) is 4.98 Å². The summed E-state index contributed by atoms with van der Waals surface area (Å²) in [6.45, 7) is 0. The van der Waals surface area contributed by atoms with Crippen LogP contribution in [0.15, 0.2) is 65.4 Å². The Labute approximate surface area is 142 Å². The van der Waals surface area contributed by atoms with E-state index in [9.17, 15) is 5.26 Å². The van der Waals surface area contributed by atoms with Gasteiger partial charge in [0.2, 0.25) is 0 Å². The number of rotatable bonds is 3. The molecule has 0 bridgehead atoms. The van der Waals surface area contributed by atoms with E-state index >= 15 is 0 Å². The molecule has 3 rings (SSSR count). The molecule has 0 radical (unpaired) electrons. The van der Waals surface area contributed by atoms with Gasteiger partial charge in [0.05, 0.1) is 12.4 Å². The molecule has 0 spiro atoms. The highest BCUT2D eigenvalue weighted by Crippen LogP contribution is 2.33. The van der Waals surface area contributed by atoms with Gasteiger partial charge in [0.15, 0.2) is 11.4 Å². The van der Waals surface area contributed by atoms with Gasteiger partial charge in [-0.3, -0.25) is 0 Å². The Bertz CT molecular complexity index is 916. The van der Waals surface area contributed by atoms with Crippen molar-refractivity contribution in [3.05, 3.63) is 87.9 Å². The Morgan fingerprint density at radius 2 is 1.65 bits per heavy atom. The van der Waals surface area contributed by atoms with E-state index in [-0.39, 0.29) is 17.4 Å². The second-order valence-corrected chi connectivity index (χ2v) is 5.76. The molecule has 1 aromatic heterocycles. The summed E-state index contributed by atoms with van der Waals surface area (Å²) >= 11 is 3.58. The van der Waals surface area contributed by atoms with E-state index in [4.69, 9.17) is 5.26 Å². The first kappa shape index (κ1) is 15.0. The average molecular weight is 363 g/mol. The molecule has 0 aliphatic heterocycles. The molecule has 1 atom stereocenters. The maximum absolute atomic E-state index is 9.46. The fourth-order valence-corrected chi connectivity index (χ4v) is 3.07. The lowest BCUT2D eigenvalue weighted by Gasteiger charge is -2.21. The van der Waals surface area contributed by atoms with Crippen molar-refractivity contribution in [2.45, 2.75) is 6.04 Å². The zero-order chi connectivity index (χ0) is 16.2. The average Bonchev–Trinajstić information content (AvgIpc) is 3.00.